The highest BCUT2D eigenvalue weighted by molar-refractivity contribution is 6.00. The molecule has 0 atom stereocenters. The molecule has 0 unspecified atom stereocenters. The quantitative estimate of drug-likeness (QED) is 0.385. The van der Waals surface area contributed by atoms with E-state index in [1.165, 1.54) is 0 Å². The minimum Gasteiger partial charge on any atom is -0.550 e. The Kier molecular flexibility index (Phi) is 5.93. The van der Waals surface area contributed by atoms with Crippen molar-refractivity contribution in [1.82, 2.24) is 4.98 Å². The van der Waals surface area contributed by atoms with Gasteiger partial charge in [-0.05, 0) is 49.3 Å². The molecule has 26 heavy (non-hydrogen) atoms. The van der Waals surface area contributed by atoms with Crippen LogP contribution in [0.25, 0.3) is 10.8 Å². The highest BCUT2D eigenvalue weighted by Gasteiger charge is 2.06. The Morgan fingerprint density at radius 2 is 1.73 bits per heavy atom. The number of unbranched alkanes of at least 4 members (excludes halogenated alkanes) is 1. The average Bonchev–Trinajstić information content (AvgIpc) is 2.68. The van der Waals surface area contributed by atoms with Crippen LogP contribution in [0, 0.1) is 0 Å². The summed E-state index contributed by atoms with van der Waals surface area (Å²) >= 11 is 0. The number of pyridine rings is 1. The summed E-state index contributed by atoms with van der Waals surface area (Å²) in [4.78, 5) is 15.0. The van der Waals surface area contributed by atoms with Crippen molar-refractivity contribution in [2.24, 2.45) is 5.10 Å². The molecule has 0 saturated carbocycles. The van der Waals surface area contributed by atoms with Crippen molar-refractivity contribution in [3.63, 3.8) is 0 Å². The maximum Gasteiger partial charge on any atom is 0.0863 e. The molecule has 1 N–H and O–H groups in total. The molecule has 0 amide bonds. The minimum absolute atomic E-state index is 0.0618. The molecule has 0 aliphatic carbocycles. The number of hydrogen-bond acceptors (Lipinski definition) is 5. The molecule has 2 aromatic carbocycles. The van der Waals surface area contributed by atoms with Gasteiger partial charge in [0.15, 0.2) is 0 Å². The van der Waals surface area contributed by atoms with E-state index in [0.29, 0.717) is 19.3 Å². The first-order valence-corrected chi connectivity index (χ1v) is 8.65. The Balaban J connectivity index is 1.80. The van der Waals surface area contributed by atoms with Gasteiger partial charge in [0, 0.05) is 17.6 Å². The fraction of sp³-hybridized carbons (Fsp3) is 0.190. The Bertz CT molecular complexity index is 902. The highest BCUT2D eigenvalue weighted by atomic mass is 16.4. The summed E-state index contributed by atoms with van der Waals surface area (Å²) in [6.07, 6.45) is 3.70. The van der Waals surface area contributed by atoms with Crippen LogP contribution in [0.3, 0.4) is 0 Å². The zero-order valence-electron chi connectivity index (χ0n) is 14.4. The number of nitrogens with one attached hydrogen (secondary N) is 1. The van der Waals surface area contributed by atoms with Crippen LogP contribution < -0.4 is 10.5 Å². The fourth-order valence-electron chi connectivity index (χ4n) is 2.79. The van der Waals surface area contributed by atoms with Gasteiger partial charge in [-0.25, -0.2) is 0 Å². The normalized spacial score (nSPS) is 11.5. The third-order valence-corrected chi connectivity index (χ3v) is 4.11. The van der Waals surface area contributed by atoms with E-state index in [4.69, 9.17) is 0 Å². The molecule has 0 aliphatic heterocycles. The number of carboxylic acids is 1. The van der Waals surface area contributed by atoms with E-state index in [1.807, 2.05) is 48.5 Å². The molecule has 3 aromatic rings. The lowest BCUT2D eigenvalue weighted by Crippen LogP contribution is -2.21. The standard InChI is InChI=1S/C21H21N3O2/c25-21(26)14-4-3-12-20(19-11-5-6-15-22-19)24-23-18-13-7-9-16-8-1-2-10-17(16)18/h1-2,5-11,13,15,23H,3-4,12,14H2,(H,25,26)/p-1. The van der Waals surface area contributed by atoms with E-state index < -0.39 is 5.97 Å². The molecule has 0 bridgehead atoms. The van der Waals surface area contributed by atoms with Crippen molar-refractivity contribution in [2.45, 2.75) is 25.7 Å². The predicted octanol–water partition coefficient (Wildman–Crippen LogP) is 3.36. The number of hydrazone groups is 1. The first-order chi connectivity index (χ1) is 12.7. The third-order valence-electron chi connectivity index (χ3n) is 4.11. The van der Waals surface area contributed by atoms with Gasteiger partial charge in [0.2, 0.25) is 0 Å². The Hall–Kier alpha value is -3.21. The third kappa shape index (κ3) is 4.66. The second-order valence-electron chi connectivity index (χ2n) is 5.99. The van der Waals surface area contributed by atoms with Gasteiger partial charge in [-0.1, -0.05) is 42.5 Å². The zero-order chi connectivity index (χ0) is 18.2. The number of carbonyl (C=O) groups excluding carboxylic acids is 1. The summed E-state index contributed by atoms with van der Waals surface area (Å²) in [6, 6.07) is 19.8. The Morgan fingerprint density at radius 3 is 2.54 bits per heavy atom. The van der Waals surface area contributed by atoms with Gasteiger partial charge in [0.25, 0.3) is 0 Å². The van der Waals surface area contributed by atoms with E-state index in [9.17, 15) is 9.90 Å². The van der Waals surface area contributed by atoms with E-state index in [1.54, 1.807) is 6.20 Å². The van der Waals surface area contributed by atoms with Crippen molar-refractivity contribution < 1.29 is 9.90 Å². The summed E-state index contributed by atoms with van der Waals surface area (Å²) in [5.74, 6) is -1.02. The molecule has 0 fully saturated rings. The lowest BCUT2D eigenvalue weighted by Gasteiger charge is -2.10. The molecule has 0 saturated heterocycles. The number of aliphatic carboxylic acids is 1. The van der Waals surface area contributed by atoms with Crippen LogP contribution in [-0.4, -0.2) is 16.7 Å². The van der Waals surface area contributed by atoms with E-state index >= 15 is 0 Å². The Morgan fingerprint density at radius 1 is 0.962 bits per heavy atom. The fourth-order valence-corrected chi connectivity index (χ4v) is 2.79. The number of carboxylic acid groups (broad SMARTS) is 1. The van der Waals surface area contributed by atoms with Crippen molar-refractivity contribution in [3.8, 4) is 0 Å². The van der Waals surface area contributed by atoms with Gasteiger partial charge >= 0.3 is 0 Å². The summed E-state index contributed by atoms with van der Waals surface area (Å²) in [6.45, 7) is 0. The first-order valence-electron chi connectivity index (χ1n) is 8.65. The molecule has 5 heteroatoms. The molecule has 5 nitrogen and oxygen atoms in total. The summed E-state index contributed by atoms with van der Waals surface area (Å²) in [5, 5.41) is 17.4. The van der Waals surface area contributed by atoms with Gasteiger partial charge in [0.05, 0.1) is 17.1 Å². The molecule has 0 aliphatic rings. The minimum atomic E-state index is -1.02. The van der Waals surface area contributed by atoms with Crippen molar-refractivity contribution in [1.29, 1.82) is 0 Å². The van der Waals surface area contributed by atoms with E-state index in [-0.39, 0.29) is 6.42 Å². The van der Waals surface area contributed by atoms with Gasteiger partial charge in [0.1, 0.15) is 0 Å². The largest absolute Gasteiger partial charge is 0.550 e. The zero-order valence-corrected chi connectivity index (χ0v) is 14.4. The first kappa shape index (κ1) is 17.6. The molecule has 1 heterocycles. The van der Waals surface area contributed by atoms with E-state index in [0.717, 1.165) is 27.9 Å². The number of rotatable bonds is 8. The van der Waals surface area contributed by atoms with Crippen LogP contribution in [0.15, 0.2) is 72.0 Å². The monoisotopic (exact) mass is 346 g/mol. The molecule has 3 rings (SSSR count). The molecular formula is C21H20N3O2-. The van der Waals surface area contributed by atoms with Crippen LogP contribution in [0.1, 0.15) is 31.4 Å². The van der Waals surface area contributed by atoms with Crippen LogP contribution in [0.4, 0.5) is 5.69 Å². The van der Waals surface area contributed by atoms with Gasteiger partial charge < -0.3 is 9.90 Å². The number of nitrogens with zero attached hydrogens (tertiary/aromatic N) is 2. The number of anilines is 1. The van der Waals surface area contributed by atoms with Crippen molar-refractivity contribution in [2.75, 3.05) is 5.43 Å². The van der Waals surface area contributed by atoms with Crippen LogP contribution in [0.2, 0.25) is 0 Å². The SMILES string of the molecule is O=C([O-])CCCCC(=NNc1cccc2ccccc12)c1ccccn1. The number of fused-ring (bicyclic) bond motifs is 1. The van der Waals surface area contributed by atoms with E-state index in [2.05, 4.69) is 27.6 Å². The molecule has 0 spiro atoms. The number of hydrogen-bond donors (Lipinski definition) is 1. The lowest BCUT2D eigenvalue weighted by molar-refractivity contribution is -0.305. The van der Waals surface area contributed by atoms with Crippen molar-refractivity contribution in [3.05, 3.63) is 72.6 Å². The molecule has 132 valence electrons. The van der Waals surface area contributed by atoms with Crippen molar-refractivity contribution >= 4 is 28.1 Å². The summed E-state index contributed by atoms with van der Waals surface area (Å²) < 4.78 is 0. The molecule has 1 aromatic heterocycles. The van der Waals surface area contributed by atoms with Crippen LogP contribution in [-0.2, 0) is 4.79 Å². The number of benzene rings is 2. The van der Waals surface area contributed by atoms with Crippen LogP contribution >= 0.6 is 0 Å². The average molecular weight is 346 g/mol. The highest BCUT2D eigenvalue weighted by Crippen LogP contribution is 2.23. The maximum absolute atomic E-state index is 10.6. The van der Waals surface area contributed by atoms with Gasteiger partial charge in [-0.15, -0.1) is 0 Å². The molecule has 0 radical (unpaired) electrons. The topological polar surface area (TPSA) is 77.4 Å². The number of carbonyl (C=O) groups is 1. The molecular weight excluding hydrogens is 326 g/mol. The smallest absolute Gasteiger partial charge is 0.0863 e. The summed E-state index contributed by atoms with van der Waals surface area (Å²) in [5.41, 5.74) is 5.67. The van der Waals surface area contributed by atoms with Gasteiger partial charge in [-0.2, -0.15) is 5.10 Å². The second kappa shape index (κ2) is 8.76. The number of aromatic nitrogens is 1. The van der Waals surface area contributed by atoms with Crippen LogP contribution in [0.5, 0.6) is 0 Å². The second-order valence-corrected chi connectivity index (χ2v) is 5.99. The maximum atomic E-state index is 10.6. The predicted molar refractivity (Wildman–Crippen MR) is 102 cm³/mol. The summed E-state index contributed by atoms with van der Waals surface area (Å²) in [7, 11) is 0. The van der Waals surface area contributed by atoms with Gasteiger partial charge in [-0.3, -0.25) is 10.4 Å². The Labute approximate surface area is 152 Å². The lowest BCUT2D eigenvalue weighted by atomic mass is 10.1.